The maximum Gasteiger partial charge on any atom is 0.272 e. The molecule has 3 amide bonds. The van der Waals surface area contributed by atoms with E-state index in [2.05, 4.69) is 20.9 Å². The number of para-hydroxylation sites is 1. The van der Waals surface area contributed by atoms with E-state index in [1.54, 1.807) is 72.9 Å². The Labute approximate surface area is 286 Å². The lowest BCUT2D eigenvalue weighted by Crippen LogP contribution is -2.30. The highest BCUT2D eigenvalue weighted by atomic mass is 32.2. The van der Waals surface area contributed by atoms with Crippen LogP contribution < -0.4 is 25.4 Å². The minimum Gasteiger partial charge on any atom is -0.454 e. The molecule has 1 unspecified atom stereocenters. The molecule has 49 heavy (non-hydrogen) atoms. The maximum atomic E-state index is 13.8. The summed E-state index contributed by atoms with van der Waals surface area (Å²) in [4.78, 5) is 44.6. The van der Waals surface area contributed by atoms with Gasteiger partial charge < -0.3 is 30.4 Å². The molecule has 4 N–H and O–H groups in total. The zero-order chi connectivity index (χ0) is 33.6. The number of ether oxygens (including phenoxy) is 2. The molecule has 0 fully saturated rings. The van der Waals surface area contributed by atoms with E-state index in [1.165, 1.54) is 11.8 Å². The highest BCUT2D eigenvalue weighted by Crippen LogP contribution is 2.39. The van der Waals surface area contributed by atoms with Gasteiger partial charge in [0, 0.05) is 50.6 Å². The van der Waals surface area contributed by atoms with E-state index in [9.17, 15) is 14.4 Å². The first-order chi connectivity index (χ1) is 24.0. The van der Waals surface area contributed by atoms with Gasteiger partial charge >= 0.3 is 0 Å². The molecule has 0 saturated carbocycles. The van der Waals surface area contributed by atoms with E-state index in [-0.39, 0.29) is 18.4 Å². The van der Waals surface area contributed by atoms with Gasteiger partial charge in [0.1, 0.15) is 10.9 Å². The lowest BCUT2D eigenvalue weighted by atomic mass is 10.1. The summed E-state index contributed by atoms with van der Waals surface area (Å²) >= 11 is 1.35. The van der Waals surface area contributed by atoms with Gasteiger partial charge in [-0.15, -0.1) is 11.8 Å². The molecule has 6 aromatic rings. The number of hydrogen-bond acceptors (Lipinski definition) is 6. The molecule has 1 aliphatic heterocycles. The minimum atomic E-state index is -0.611. The van der Waals surface area contributed by atoms with Crippen LogP contribution in [0.1, 0.15) is 26.7 Å². The molecule has 1 atom stereocenters. The van der Waals surface area contributed by atoms with Gasteiger partial charge in [-0.05, 0) is 60.2 Å². The van der Waals surface area contributed by atoms with Crippen molar-refractivity contribution < 1.29 is 23.9 Å². The third kappa shape index (κ3) is 7.34. The van der Waals surface area contributed by atoms with Crippen LogP contribution in [-0.4, -0.2) is 29.5 Å². The SMILES string of the molecule is O=C(Nc1cccc(SC(C(=O)Nc2ccc3c(c2)OCO3)c2ccccc2)c1)/C(=C/c1c[nH]c2ccccc12)NC(=O)c1ccccc1. The molecule has 0 radical (unpaired) electrons. The van der Waals surface area contributed by atoms with Crippen LogP contribution >= 0.6 is 11.8 Å². The van der Waals surface area contributed by atoms with E-state index in [0.717, 1.165) is 26.9 Å². The minimum absolute atomic E-state index is 0.0712. The van der Waals surface area contributed by atoms with E-state index >= 15 is 0 Å². The number of anilines is 2. The van der Waals surface area contributed by atoms with Gasteiger partial charge in [0.15, 0.2) is 11.5 Å². The Morgan fingerprint density at radius 1 is 0.735 bits per heavy atom. The van der Waals surface area contributed by atoms with E-state index in [4.69, 9.17) is 9.47 Å². The van der Waals surface area contributed by atoms with Gasteiger partial charge in [-0.25, -0.2) is 0 Å². The number of carbonyl (C=O) groups excluding carboxylic acids is 3. The summed E-state index contributed by atoms with van der Waals surface area (Å²) in [6.07, 6.45) is 3.45. The van der Waals surface area contributed by atoms with Crippen molar-refractivity contribution in [2.45, 2.75) is 10.1 Å². The van der Waals surface area contributed by atoms with Crippen molar-refractivity contribution in [3.05, 3.63) is 156 Å². The van der Waals surface area contributed by atoms with Crippen molar-refractivity contribution in [2.24, 2.45) is 0 Å². The first-order valence-electron chi connectivity index (χ1n) is 15.5. The molecular formula is C39H30N4O5S. The number of hydrogen-bond donors (Lipinski definition) is 4. The lowest BCUT2D eigenvalue weighted by molar-refractivity contribution is -0.116. The average molecular weight is 667 g/mol. The molecule has 0 saturated heterocycles. The number of carbonyl (C=O) groups is 3. The number of H-pyrrole nitrogens is 1. The van der Waals surface area contributed by atoms with Crippen LogP contribution in [0.4, 0.5) is 11.4 Å². The molecule has 0 bridgehead atoms. The number of nitrogens with one attached hydrogen (secondary N) is 4. The number of rotatable bonds is 10. The Morgan fingerprint density at radius 3 is 2.31 bits per heavy atom. The van der Waals surface area contributed by atoms with Gasteiger partial charge in [0.2, 0.25) is 12.7 Å². The standard InChI is InChI=1S/C39H30N4O5S/c44-37(26-12-5-2-6-13-26)43-33(20-27-23-40-32-17-8-7-16-31(27)32)38(45)41-28-14-9-15-30(21-28)49-36(25-10-3-1-4-11-25)39(46)42-29-18-19-34-35(22-29)48-24-47-34/h1-23,36,40H,24H2,(H,41,45)(H,42,46)(H,43,44)/b33-20-. The largest absolute Gasteiger partial charge is 0.454 e. The van der Waals surface area contributed by atoms with Crippen molar-refractivity contribution in [1.82, 2.24) is 10.3 Å². The number of fused-ring (bicyclic) bond motifs is 2. The first-order valence-corrected chi connectivity index (χ1v) is 16.4. The number of aromatic amines is 1. The van der Waals surface area contributed by atoms with Gasteiger partial charge in [0.05, 0.1) is 0 Å². The molecule has 10 heteroatoms. The molecule has 1 aliphatic rings. The molecule has 7 rings (SSSR count). The van der Waals surface area contributed by atoms with Crippen LogP contribution in [0, 0.1) is 0 Å². The number of amides is 3. The Balaban J connectivity index is 1.13. The second kappa shape index (κ2) is 14.2. The summed E-state index contributed by atoms with van der Waals surface area (Å²) in [6, 6.07) is 38.4. The normalized spacial score (nSPS) is 12.7. The second-order valence-corrected chi connectivity index (χ2v) is 12.3. The van der Waals surface area contributed by atoms with E-state index < -0.39 is 17.1 Å². The molecular weight excluding hydrogens is 637 g/mol. The summed E-state index contributed by atoms with van der Waals surface area (Å²) < 4.78 is 10.9. The predicted molar refractivity (Wildman–Crippen MR) is 191 cm³/mol. The summed E-state index contributed by atoms with van der Waals surface area (Å²) in [6.45, 7) is 0.141. The molecule has 5 aromatic carbocycles. The molecule has 2 heterocycles. The monoisotopic (exact) mass is 666 g/mol. The predicted octanol–water partition coefficient (Wildman–Crippen LogP) is 7.78. The van der Waals surface area contributed by atoms with Crippen molar-refractivity contribution in [3.63, 3.8) is 0 Å². The Kier molecular flexibility index (Phi) is 9.11. The van der Waals surface area contributed by atoms with Crippen LogP contribution in [0.5, 0.6) is 11.5 Å². The zero-order valence-corrected chi connectivity index (χ0v) is 26.8. The fourth-order valence-corrected chi connectivity index (χ4v) is 6.46. The van der Waals surface area contributed by atoms with Gasteiger partial charge in [-0.2, -0.15) is 0 Å². The van der Waals surface area contributed by atoms with Gasteiger partial charge in [-0.1, -0.05) is 72.8 Å². The van der Waals surface area contributed by atoms with Gasteiger partial charge in [0.25, 0.3) is 11.8 Å². The average Bonchev–Trinajstić information content (AvgIpc) is 3.78. The van der Waals surface area contributed by atoms with Crippen molar-refractivity contribution in [3.8, 4) is 11.5 Å². The van der Waals surface area contributed by atoms with Crippen LogP contribution in [0.2, 0.25) is 0 Å². The summed E-state index contributed by atoms with van der Waals surface area (Å²) in [5.74, 6) is 0.0624. The number of aromatic nitrogens is 1. The van der Waals surface area contributed by atoms with Crippen LogP contribution in [0.3, 0.4) is 0 Å². The highest BCUT2D eigenvalue weighted by Gasteiger charge is 2.24. The Hall–Kier alpha value is -6.26. The molecule has 1 aromatic heterocycles. The quantitative estimate of drug-likeness (QED) is 0.0876. The topological polar surface area (TPSA) is 122 Å². The smallest absolute Gasteiger partial charge is 0.272 e. The van der Waals surface area contributed by atoms with Crippen LogP contribution in [-0.2, 0) is 9.59 Å². The van der Waals surface area contributed by atoms with Crippen LogP contribution in [0.15, 0.2) is 144 Å². The third-order valence-electron chi connectivity index (χ3n) is 7.78. The Morgan fingerprint density at radius 2 is 1.47 bits per heavy atom. The van der Waals surface area contributed by atoms with Crippen molar-refractivity contribution in [2.75, 3.05) is 17.4 Å². The first kappa shape index (κ1) is 31.3. The summed E-state index contributed by atoms with van der Waals surface area (Å²) in [5.41, 5.74) is 4.04. The molecule has 0 spiro atoms. The summed E-state index contributed by atoms with van der Waals surface area (Å²) in [7, 11) is 0. The Bertz CT molecular complexity index is 2180. The van der Waals surface area contributed by atoms with E-state index in [1.807, 2.05) is 66.7 Å². The second-order valence-electron chi connectivity index (χ2n) is 11.1. The number of thioether (sulfide) groups is 1. The molecule has 242 valence electrons. The maximum absolute atomic E-state index is 13.8. The molecule has 0 aliphatic carbocycles. The lowest BCUT2D eigenvalue weighted by Gasteiger charge is -2.18. The van der Waals surface area contributed by atoms with Crippen molar-refractivity contribution in [1.29, 1.82) is 0 Å². The highest BCUT2D eigenvalue weighted by molar-refractivity contribution is 8.00. The van der Waals surface area contributed by atoms with E-state index in [0.29, 0.717) is 28.4 Å². The zero-order valence-electron chi connectivity index (χ0n) is 26.0. The number of benzene rings is 5. The van der Waals surface area contributed by atoms with Gasteiger partial charge in [-0.3, -0.25) is 14.4 Å². The summed E-state index contributed by atoms with van der Waals surface area (Å²) in [5, 5.41) is 9.03. The fraction of sp³-hybridized carbons (Fsp3) is 0.0513. The van der Waals surface area contributed by atoms with Crippen molar-refractivity contribution >= 4 is 57.8 Å². The molecule has 9 nitrogen and oxygen atoms in total. The van der Waals surface area contributed by atoms with Crippen LogP contribution in [0.25, 0.3) is 17.0 Å². The third-order valence-corrected chi connectivity index (χ3v) is 9.02. The fourth-order valence-electron chi connectivity index (χ4n) is 5.38.